The second-order valence-corrected chi connectivity index (χ2v) is 5.53. The topological polar surface area (TPSA) is 84.2 Å². The van der Waals surface area contributed by atoms with Gasteiger partial charge in [-0.25, -0.2) is 0 Å². The number of hydrogen-bond acceptors (Lipinski definition) is 3. The van der Waals surface area contributed by atoms with Crippen molar-refractivity contribution >= 4 is 11.8 Å². The largest absolute Gasteiger partial charge is 0.354 e. The first-order valence-corrected chi connectivity index (χ1v) is 7.52. The molecule has 1 saturated carbocycles. The highest BCUT2D eigenvalue weighted by Crippen LogP contribution is 2.26. The molecule has 1 aromatic carbocycles. The molecule has 5 heteroatoms. The van der Waals surface area contributed by atoms with Crippen molar-refractivity contribution in [1.29, 1.82) is 0 Å². The molecule has 1 aliphatic rings. The molecule has 21 heavy (non-hydrogen) atoms. The van der Waals surface area contributed by atoms with Crippen LogP contribution in [-0.4, -0.2) is 30.9 Å². The molecule has 114 valence electrons. The number of hydrogen-bond donors (Lipinski definition) is 3. The lowest BCUT2D eigenvalue weighted by atomic mass is 10.00. The highest BCUT2D eigenvalue weighted by atomic mass is 16.2. The van der Waals surface area contributed by atoms with E-state index in [-0.39, 0.29) is 17.9 Å². The highest BCUT2D eigenvalue weighted by Gasteiger charge is 2.25. The minimum atomic E-state index is -0.123. The van der Waals surface area contributed by atoms with Crippen LogP contribution in [-0.2, 0) is 4.79 Å². The molecule has 0 heterocycles. The molecule has 0 unspecified atom stereocenters. The van der Waals surface area contributed by atoms with Gasteiger partial charge in [0.25, 0.3) is 5.91 Å². The molecule has 2 amide bonds. The maximum absolute atomic E-state index is 11.8. The number of carbonyl (C=O) groups excluding carboxylic acids is 2. The van der Waals surface area contributed by atoms with Gasteiger partial charge in [0.1, 0.15) is 0 Å². The summed E-state index contributed by atoms with van der Waals surface area (Å²) in [6, 6.07) is 9.19. The van der Waals surface area contributed by atoms with Gasteiger partial charge in [0.05, 0.1) is 0 Å². The van der Waals surface area contributed by atoms with Gasteiger partial charge in [0.15, 0.2) is 0 Å². The lowest BCUT2D eigenvalue weighted by Crippen LogP contribution is -2.36. The predicted molar refractivity (Wildman–Crippen MR) is 81.7 cm³/mol. The fourth-order valence-corrected chi connectivity index (χ4v) is 2.70. The summed E-state index contributed by atoms with van der Waals surface area (Å²) in [4.78, 5) is 23.6. The molecule has 0 aromatic heterocycles. The Bertz CT molecular complexity index is 476. The maximum Gasteiger partial charge on any atom is 0.251 e. The fourth-order valence-electron chi connectivity index (χ4n) is 2.70. The number of benzene rings is 1. The van der Waals surface area contributed by atoms with Gasteiger partial charge in [0.2, 0.25) is 5.91 Å². The number of nitrogens with two attached hydrogens (primary N) is 1. The van der Waals surface area contributed by atoms with Crippen LogP contribution in [0.2, 0.25) is 0 Å². The van der Waals surface area contributed by atoms with Crippen molar-refractivity contribution in [3.63, 3.8) is 0 Å². The molecule has 5 nitrogen and oxygen atoms in total. The molecule has 0 saturated heterocycles. The van der Waals surface area contributed by atoms with Gasteiger partial charge >= 0.3 is 0 Å². The van der Waals surface area contributed by atoms with Crippen molar-refractivity contribution in [2.75, 3.05) is 13.1 Å². The Morgan fingerprint density at radius 1 is 1.10 bits per heavy atom. The first-order valence-electron chi connectivity index (χ1n) is 7.52. The number of nitrogens with one attached hydrogen (secondary N) is 2. The Kier molecular flexibility index (Phi) is 5.75. The second kappa shape index (κ2) is 7.78. The zero-order valence-electron chi connectivity index (χ0n) is 12.2. The minimum absolute atomic E-state index is 0.0197. The van der Waals surface area contributed by atoms with E-state index in [2.05, 4.69) is 10.6 Å². The molecule has 1 aromatic rings. The van der Waals surface area contributed by atoms with Gasteiger partial charge in [-0.05, 0) is 30.9 Å². The zero-order chi connectivity index (χ0) is 15.1. The third-order valence-electron chi connectivity index (χ3n) is 3.93. The molecule has 0 aliphatic heterocycles. The summed E-state index contributed by atoms with van der Waals surface area (Å²) in [6.45, 7) is 0.871. The Morgan fingerprint density at radius 3 is 2.48 bits per heavy atom. The van der Waals surface area contributed by atoms with Gasteiger partial charge in [-0.15, -0.1) is 0 Å². The normalized spacial score (nSPS) is 21.0. The molecular weight excluding hydrogens is 266 g/mol. The van der Waals surface area contributed by atoms with Crippen molar-refractivity contribution in [1.82, 2.24) is 10.6 Å². The van der Waals surface area contributed by atoms with Crippen LogP contribution in [0.25, 0.3) is 0 Å². The van der Waals surface area contributed by atoms with E-state index in [9.17, 15) is 9.59 Å². The molecule has 1 aliphatic carbocycles. The van der Waals surface area contributed by atoms with E-state index in [0.29, 0.717) is 31.0 Å². The lowest BCUT2D eigenvalue weighted by Gasteiger charge is -2.14. The van der Waals surface area contributed by atoms with Gasteiger partial charge in [0, 0.05) is 31.1 Å². The Labute approximate surface area is 125 Å². The van der Waals surface area contributed by atoms with E-state index < -0.39 is 0 Å². The van der Waals surface area contributed by atoms with Crippen molar-refractivity contribution in [3.05, 3.63) is 35.9 Å². The molecule has 2 atom stereocenters. The van der Waals surface area contributed by atoms with E-state index in [1.807, 2.05) is 18.2 Å². The fraction of sp³-hybridized carbons (Fsp3) is 0.500. The van der Waals surface area contributed by atoms with E-state index in [0.717, 1.165) is 19.3 Å². The van der Waals surface area contributed by atoms with Crippen LogP contribution in [0.3, 0.4) is 0 Å². The zero-order valence-corrected chi connectivity index (χ0v) is 12.2. The predicted octanol–water partition coefficient (Wildman–Crippen LogP) is 1.05. The van der Waals surface area contributed by atoms with Crippen LogP contribution in [0.4, 0.5) is 0 Å². The third-order valence-corrected chi connectivity index (χ3v) is 3.93. The summed E-state index contributed by atoms with van der Waals surface area (Å²) in [5, 5.41) is 5.61. The first-order chi connectivity index (χ1) is 10.2. The second-order valence-electron chi connectivity index (χ2n) is 5.53. The van der Waals surface area contributed by atoms with Gasteiger partial charge in [-0.2, -0.15) is 0 Å². The highest BCUT2D eigenvalue weighted by molar-refractivity contribution is 5.94. The van der Waals surface area contributed by atoms with Gasteiger partial charge < -0.3 is 16.4 Å². The van der Waals surface area contributed by atoms with Crippen molar-refractivity contribution < 1.29 is 9.59 Å². The number of rotatable bonds is 6. The molecule has 1 fully saturated rings. The standard InChI is InChI=1S/C16H23N3O2/c17-14-8-4-7-13(14)11-15(20)18-9-10-19-16(21)12-5-2-1-3-6-12/h1-3,5-6,13-14H,4,7-11,17H2,(H,18,20)(H,19,21)/t13-,14+/m0/s1. The first kappa shape index (κ1) is 15.5. The van der Waals surface area contributed by atoms with Crippen LogP contribution in [0.15, 0.2) is 30.3 Å². The van der Waals surface area contributed by atoms with E-state index >= 15 is 0 Å². The molecule has 4 N–H and O–H groups in total. The SMILES string of the molecule is N[C@@H]1CCC[C@H]1CC(=O)NCCNC(=O)c1ccccc1. The summed E-state index contributed by atoms with van der Waals surface area (Å²) < 4.78 is 0. The molecule has 0 bridgehead atoms. The monoisotopic (exact) mass is 289 g/mol. The summed E-state index contributed by atoms with van der Waals surface area (Å²) in [5.74, 6) is 0.206. The molecule has 0 spiro atoms. The molecule has 0 radical (unpaired) electrons. The Hall–Kier alpha value is -1.88. The van der Waals surface area contributed by atoms with Gasteiger partial charge in [-0.1, -0.05) is 24.6 Å². The summed E-state index contributed by atoms with van der Waals surface area (Å²) in [6.07, 6.45) is 3.67. The number of amides is 2. The van der Waals surface area contributed by atoms with Crippen LogP contribution >= 0.6 is 0 Å². The molecular formula is C16H23N3O2. The Morgan fingerprint density at radius 2 is 1.81 bits per heavy atom. The molecule has 2 rings (SSSR count). The summed E-state index contributed by atoms with van der Waals surface area (Å²) in [7, 11) is 0. The minimum Gasteiger partial charge on any atom is -0.354 e. The van der Waals surface area contributed by atoms with E-state index in [4.69, 9.17) is 5.73 Å². The average molecular weight is 289 g/mol. The van der Waals surface area contributed by atoms with E-state index in [1.165, 1.54) is 0 Å². The van der Waals surface area contributed by atoms with Crippen molar-refractivity contribution in [2.45, 2.75) is 31.7 Å². The third kappa shape index (κ3) is 4.86. The van der Waals surface area contributed by atoms with Crippen LogP contribution in [0, 0.1) is 5.92 Å². The van der Waals surface area contributed by atoms with Crippen LogP contribution < -0.4 is 16.4 Å². The summed E-state index contributed by atoms with van der Waals surface area (Å²) in [5.41, 5.74) is 6.57. The maximum atomic E-state index is 11.8. The smallest absolute Gasteiger partial charge is 0.251 e. The quantitative estimate of drug-likeness (QED) is 0.684. The summed E-state index contributed by atoms with van der Waals surface area (Å²) >= 11 is 0. The van der Waals surface area contributed by atoms with Crippen LogP contribution in [0.1, 0.15) is 36.0 Å². The lowest BCUT2D eigenvalue weighted by molar-refractivity contribution is -0.122. The van der Waals surface area contributed by atoms with E-state index in [1.54, 1.807) is 12.1 Å². The average Bonchev–Trinajstić information content (AvgIpc) is 2.89. The van der Waals surface area contributed by atoms with Crippen LogP contribution in [0.5, 0.6) is 0 Å². The van der Waals surface area contributed by atoms with Gasteiger partial charge in [-0.3, -0.25) is 9.59 Å². The Balaban J connectivity index is 1.61. The van der Waals surface area contributed by atoms with Crippen molar-refractivity contribution in [2.24, 2.45) is 11.7 Å². The van der Waals surface area contributed by atoms with Crippen molar-refractivity contribution in [3.8, 4) is 0 Å². The number of carbonyl (C=O) groups is 2.